The fraction of sp³-hybridized carbons (Fsp3) is 0.250. The van der Waals surface area contributed by atoms with Crippen molar-refractivity contribution >= 4 is 44.3 Å². The molecule has 1 N–H and O–H groups in total. The van der Waals surface area contributed by atoms with Gasteiger partial charge in [-0.2, -0.15) is 0 Å². The molecule has 0 spiro atoms. The van der Waals surface area contributed by atoms with Crippen molar-refractivity contribution in [3.8, 4) is 11.5 Å². The van der Waals surface area contributed by atoms with Gasteiger partial charge in [-0.3, -0.25) is 4.98 Å². The Morgan fingerprint density at radius 3 is 2.78 bits per heavy atom. The quantitative estimate of drug-likeness (QED) is 0.775. The number of nitrogens with zero attached hydrogens (tertiary/aromatic N) is 3. The van der Waals surface area contributed by atoms with Gasteiger partial charge in [0.1, 0.15) is 11.5 Å². The molecule has 0 aliphatic carbocycles. The van der Waals surface area contributed by atoms with E-state index in [-0.39, 0.29) is 0 Å². The van der Waals surface area contributed by atoms with Crippen LogP contribution in [0, 0.1) is 3.57 Å². The van der Waals surface area contributed by atoms with Crippen LogP contribution in [0.5, 0.6) is 0 Å². The van der Waals surface area contributed by atoms with Crippen molar-refractivity contribution in [1.82, 2.24) is 15.0 Å². The highest BCUT2D eigenvalue weighted by molar-refractivity contribution is 14.1. The maximum Gasteiger partial charge on any atom is 0.181 e. The maximum atomic E-state index is 4.58. The zero-order chi connectivity index (χ0) is 13.1. The van der Waals surface area contributed by atoms with E-state index in [2.05, 4.69) is 65.7 Å². The summed E-state index contributed by atoms with van der Waals surface area (Å²) in [6.07, 6.45) is 2.61. The van der Waals surface area contributed by atoms with Crippen LogP contribution in [0.4, 0.5) is 5.82 Å². The molecule has 4 nitrogen and oxygen atoms in total. The van der Waals surface area contributed by atoms with Gasteiger partial charge in [0.2, 0.25) is 0 Å². The highest BCUT2D eigenvalue weighted by Gasteiger charge is 2.13. The van der Waals surface area contributed by atoms with Gasteiger partial charge in [0.15, 0.2) is 5.82 Å². The molecule has 6 heteroatoms. The minimum absolute atomic E-state index is 0.643. The molecule has 2 rings (SSSR count). The van der Waals surface area contributed by atoms with Crippen LogP contribution in [0.2, 0.25) is 0 Å². The summed E-state index contributed by atoms with van der Waals surface area (Å²) in [7, 11) is 1.86. The summed E-state index contributed by atoms with van der Waals surface area (Å²) in [5, 5.41) is 3.10. The van der Waals surface area contributed by atoms with Gasteiger partial charge in [-0.1, -0.05) is 6.92 Å². The number of aromatic nitrogens is 3. The van der Waals surface area contributed by atoms with Crippen LogP contribution in [0.1, 0.15) is 12.6 Å². The lowest BCUT2D eigenvalue weighted by Crippen LogP contribution is -2.05. The number of hydrogen-bond acceptors (Lipinski definition) is 4. The highest BCUT2D eigenvalue weighted by atomic mass is 127. The fourth-order valence-electron chi connectivity index (χ4n) is 1.55. The molecule has 0 aromatic carbocycles. The second-order valence-electron chi connectivity index (χ2n) is 3.59. The van der Waals surface area contributed by atoms with E-state index in [4.69, 9.17) is 0 Å². The van der Waals surface area contributed by atoms with Gasteiger partial charge in [-0.25, -0.2) is 9.97 Å². The molecular formula is C12H12BrIN4. The maximum absolute atomic E-state index is 4.58. The Balaban J connectivity index is 2.62. The molecule has 0 aliphatic heterocycles. The van der Waals surface area contributed by atoms with Crippen molar-refractivity contribution in [2.75, 3.05) is 12.4 Å². The van der Waals surface area contributed by atoms with E-state index in [1.54, 1.807) is 6.20 Å². The van der Waals surface area contributed by atoms with E-state index in [0.29, 0.717) is 5.82 Å². The molecule has 0 bridgehead atoms. The van der Waals surface area contributed by atoms with Gasteiger partial charge in [-0.05, 0) is 57.1 Å². The third kappa shape index (κ3) is 2.64. The van der Waals surface area contributed by atoms with E-state index >= 15 is 0 Å². The van der Waals surface area contributed by atoms with Gasteiger partial charge >= 0.3 is 0 Å². The summed E-state index contributed by atoms with van der Waals surface area (Å²) in [6, 6.07) is 3.81. The molecule has 2 aromatic heterocycles. The van der Waals surface area contributed by atoms with E-state index in [1.807, 2.05) is 19.2 Å². The van der Waals surface area contributed by atoms with Gasteiger partial charge in [0.25, 0.3) is 0 Å². The first-order valence-electron chi connectivity index (χ1n) is 5.52. The highest BCUT2D eigenvalue weighted by Crippen LogP contribution is 2.27. The Hall–Kier alpha value is -0.760. The summed E-state index contributed by atoms with van der Waals surface area (Å²) in [5.74, 6) is 1.49. The van der Waals surface area contributed by atoms with Crippen molar-refractivity contribution < 1.29 is 0 Å². The number of nitrogens with one attached hydrogen (secondary N) is 1. The molecule has 94 valence electrons. The van der Waals surface area contributed by atoms with Crippen molar-refractivity contribution in [3.05, 3.63) is 32.1 Å². The summed E-state index contributed by atoms with van der Waals surface area (Å²) in [5.41, 5.74) is 1.79. The average Bonchev–Trinajstić information content (AvgIpc) is 2.40. The average molecular weight is 419 g/mol. The van der Waals surface area contributed by atoms with Crippen LogP contribution < -0.4 is 5.32 Å². The molecule has 18 heavy (non-hydrogen) atoms. The van der Waals surface area contributed by atoms with Crippen molar-refractivity contribution in [3.63, 3.8) is 0 Å². The third-order valence-corrected chi connectivity index (χ3v) is 4.24. The van der Waals surface area contributed by atoms with Crippen molar-refractivity contribution in [2.24, 2.45) is 0 Å². The molecule has 0 atom stereocenters. The van der Waals surface area contributed by atoms with Crippen LogP contribution >= 0.6 is 38.5 Å². The third-order valence-electron chi connectivity index (χ3n) is 2.46. The zero-order valence-corrected chi connectivity index (χ0v) is 13.8. The standard InChI is InChI=1S/C12H12BrIN4/c1-3-8-9(14)11(15-2)18-12(17-8)10-7(13)5-4-6-16-10/h4-6H,3H2,1-2H3,(H,15,17,18). The van der Waals surface area contributed by atoms with Crippen molar-refractivity contribution in [1.29, 1.82) is 0 Å². The van der Waals surface area contributed by atoms with E-state index in [9.17, 15) is 0 Å². The molecule has 0 radical (unpaired) electrons. The monoisotopic (exact) mass is 418 g/mol. The molecule has 0 aliphatic rings. The smallest absolute Gasteiger partial charge is 0.181 e. The normalized spacial score (nSPS) is 10.4. The topological polar surface area (TPSA) is 50.7 Å². The Labute approximate surface area is 128 Å². The zero-order valence-electron chi connectivity index (χ0n) is 10.0. The molecule has 0 amide bonds. The predicted molar refractivity (Wildman–Crippen MR) is 84.6 cm³/mol. The van der Waals surface area contributed by atoms with Gasteiger partial charge in [-0.15, -0.1) is 0 Å². The summed E-state index contributed by atoms with van der Waals surface area (Å²) in [4.78, 5) is 13.4. The fourth-order valence-corrected chi connectivity index (χ4v) is 2.87. The van der Waals surface area contributed by atoms with Crippen LogP contribution in [-0.2, 0) is 6.42 Å². The van der Waals surface area contributed by atoms with Gasteiger partial charge in [0.05, 0.1) is 9.26 Å². The summed E-state index contributed by atoms with van der Waals surface area (Å²) in [6.45, 7) is 2.08. The molecule has 0 saturated heterocycles. The first kappa shape index (κ1) is 13.7. The minimum Gasteiger partial charge on any atom is -0.372 e. The predicted octanol–water partition coefficient (Wildman–Crippen LogP) is 3.51. The number of anilines is 1. The van der Waals surface area contributed by atoms with E-state index in [0.717, 1.165) is 31.7 Å². The second kappa shape index (κ2) is 5.92. The molecule has 2 heterocycles. The first-order valence-corrected chi connectivity index (χ1v) is 7.39. The molecular weight excluding hydrogens is 407 g/mol. The number of halogens is 2. The second-order valence-corrected chi connectivity index (χ2v) is 5.53. The number of pyridine rings is 1. The molecule has 0 unspecified atom stereocenters. The molecule has 0 saturated carbocycles. The van der Waals surface area contributed by atoms with E-state index < -0.39 is 0 Å². The Bertz CT molecular complexity index is 549. The van der Waals surface area contributed by atoms with E-state index in [1.165, 1.54) is 0 Å². The lowest BCUT2D eigenvalue weighted by Gasteiger charge is -2.10. The first-order chi connectivity index (χ1) is 8.67. The lowest BCUT2D eigenvalue weighted by atomic mass is 10.3. The Morgan fingerprint density at radius 2 is 2.17 bits per heavy atom. The van der Waals surface area contributed by atoms with Crippen LogP contribution in [0.25, 0.3) is 11.5 Å². The number of hydrogen-bond donors (Lipinski definition) is 1. The SMILES string of the molecule is CCc1nc(-c2ncccc2Br)nc(NC)c1I. The van der Waals surface area contributed by atoms with Crippen LogP contribution in [0.15, 0.2) is 22.8 Å². The Kier molecular flexibility index (Phi) is 4.50. The summed E-state index contributed by atoms with van der Waals surface area (Å²) >= 11 is 5.75. The van der Waals surface area contributed by atoms with Crippen molar-refractivity contribution in [2.45, 2.75) is 13.3 Å². The van der Waals surface area contributed by atoms with Gasteiger partial charge in [0, 0.05) is 17.7 Å². The molecule has 2 aromatic rings. The van der Waals surface area contributed by atoms with Crippen LogP contribution in [-0.4, -0.2) is 22.0 Å². The molecule has 0 fully saturated rings. The Morgan fingerprint density at radius 1 is 1.39 bits per heavy atom. The lowest BCUT2D eigenvalue weighted by molar-refractivity contribution is 0.982. The number of aryl methyl sites for hydroxylation is 1. The minimum atomic E-state index is 0.643. The van der Waals surface area contributed by atoms with Gasteiger partial charge < -0.3 is 5.32 Å². The largest absolute Gasteiger partial charge is 0.372 e. The summed E-state index contributed by atoms with van der Waals surface area (Å²) < 4.78 is 1.96. The van der Waals surface area contributed by atoms with Crippen LogP contribution in [0.3, 0.4) is 0 Å². The number of rotatable bonds is 3.